The molecule has 25 heavy (non-hydrogen) atoms. The zero-order valence-electron chi connectivity index (χ0n) is 16.2. The van der Waals surface area contributed by atoms with Crippen molar-refractivity contribution in [1.82, 2.24) is 4.90 Å². The minimum absolute atomic E-state index is 0.185. The minimum atomic E-state index is -2.88. The quantitative estimate of drug-likeness (QED) is 0.356. The first-order valence-electron chi connectivity index (χ1n) is 10.1. The van der Waals surface area contributed by atoms with E-state index < -0.39 is 9.84 Å². The van der Waals surface area contributed by atoms with Crippen LogP contribution in [0.1, 0.15) is 84.5 Å². The molecule has 148 valence electrons. The Morgan fingerprint density at radius 3 is 1.92 bits per heavy atom. The van der Waals surface area contributed by atoms with Crippen LogP contribution in [0.4, 0.5) is 0 Å². The summed E-state index contributed by atoms with van der Waals surface area (Å²) in [5.41, 5.74) is 0. The lowest BCUT2D eigenvalue weighted by Crippen LogP contribution is -2.44. The summed E-state index contributed by atoms with van der Waals surface area (Å²) in [6.07, 6.45) is 13.6. The van der Waals surface area contributed by atoms with Crippen molar-refractivity contribution in [3.8, 4) is 0 Å². The maximum atomic E-state index is 11.6. The molecule has 0 aliphatic carbocycles. The molecule has 0 aromatic rings. The number of ether oxygens (including phenoxy) is 1. The summed E-state index contributed by atoms with van der Waals surface area (Å²) in [6, 6.07) is 0. The summed E-state index contributed by atoms with van der Waals surface area (Å²) in [7, 11) is -2.88. The van der Waals surface area contributed by atoms with Crippen molar-refractivity contribution in [3.63, 3.8) is 0 Å². The number of nitrogens with zero attached hydrogens (tertiary/aromatic N) is 1. The summed E-state index contributed by atoms with van der Waals surface area (Å²) in [5, 5.41) is 0.504. The van der Waals surface area contributed by atoms with E-state index >= 15 is 0 Å². The molecule has 0 bridgehead atoms. The van der Waals surface area contributed by atoms with Gasteiger partial charge in [-0.3, -0.25) is 0 Å². The number of hydrogen-bond acceptors (Lipinski definition) is 4. The fourth-order valence-corrected chi connectivity index (χ4v) is 4.67. The van der Waals surface area contributed by atoms with E-state index in [-0.39, 0.29) is 17.6 Å². The number of unbranched alkanes of at least 4 members (excludes halogenated alkanes) is 7. The van der Waals surface area contributed by atoms with Gasteiger partial charge < -0.3 is 9.64 Å². The van der Waals surface area contributed by atoms with Crippen LogP contribution < -0.4 is 0 Å². The second-order valence-corrected chi connectivity index (χ2v) is 9.85. The molecule has 0 aromatic heterocycles. The number of sulfone groups is 1. The molecule has 1 fully saturated rings. The predicted octanol–water partition coefficient (Wildman–Crippen LogP) is 4.72. The molecule has 0 aromatic carbocycles. The van der Waals surface area contributed by atoms with Gasteiger partial charge in [-0.25, -0.2) is 8.42 Å². The molecule has 1 heterocycles. The Bertz CT molecular complexity index is 451. The summed E-state index contributed by atoms with van der Waals surface area (Å²) in [6.45, 7) is 5.40. The zero-order valence-corrected chi connectivity index (χ0v) is 17.8. The van der Waals surface area contributed by atoms with E-state index in [1.807, 2.05) is 4.90 Å². The predicted molar refractivity (Wildman–Crippen MR) is 110 cm³/mol. The van der Waals surface area contributed by atoms with Crippen molar-refractivity contribution in [2.24, 2.45) is 0 Å². The Balaban J connectivity index is 2.39. The molecule has 1 aliphatic rings. The van der Waals surface area contributed by atoms with Gasteiger partial charge in [0.05, 0.1) is 11.5 Å². The molecular formula is C19H37NO3S2. The largest absolute Gasteiger partial charge is 0.468 e. The van der Waals surface area contributed by atoms with Gasteiger partial charge in [0, 0.05) is 13.1 Å². The molecule has 1 unspecified atom stereocenters. The van der Waals surface area contributed by atoms with Crippen LogP contribution in [0.25, 0.3) is 0 Å². The fourth-order valence-electron chi connectivity index (χ4n) is 3.15. The molecule has 0 saturated carbocycles. The minimum Gasteiger partial charge on any atom is -0.468 e. The van der Waals surface area contributed by atoms with Crippen LogP contribution in [0.15, 0.2) is 0 Å². The van der Waals surface area contributed by atoms with E-state index in [2.05, 4.69) is 13.8 Å². The molecule has 0 amide bonds. The molecular weight excluding hydrogens is 354 g/mol. The van der Waals surface area contributed by atoms with E-state index in [1.54, 1.807) is 0 Å². The molecule has 0 spiro atoms. The van der Waals surface area contributed by atoms with Crippen LogP contribution >= 0.6 is 12.2 Å². The zero-order chi connectivity index (χ0) is 18.5. The van der Waals surface area contributed by atoms with Crippen molar-refractivity contribution in [1.29, 1.82) is 0 Å². The first kappa shape index (κ1) is 22.7. The number of thiocarbonyl (C=S) groups is 1. The maximum absolute atomic E-state index is 11.6. The Morgan fingerprint density at radius 1 is 0.920 bits per heavy atom. The number of hydrogen-bond donors (Lipinski definition) is 0. The van der Waals surface area contributed by atoms with Crippen LogP contribution in [0.2, 0.25) is 0 Å². The second kappa shape index (κ2) is 12.9. The van der Waals surface area contributed by atoms with E-state index in [1.165, 1.54) is 57.8 Å². The highest BCUT2D eigenvalue weighted by Crippen LogP contribution is 2.18. The Kier molecular flexibility index (Phi) is 11.7. The van der Waals surface area contributed by atoms with Gasteiger partial charge >= 0.3 is 0 Å². The van der Waals surface area contributed by atoms with Crippen LogP contribution in [0.3, 0.4) is 0 Å². The summed E-state index contributed by atoms with van der Waals surface area (Å²) in [5.74, 6) is 0.378. The van der Waals surface area contributed by atoms with Crippen molar-refractivity contribution in [2.45, 2.75) is 90.6 Å². The molecule has 4 nitrogen and oxygen atoms in total. The highest BCUT2D eigenvalue weighted by atomic mass is 32.2. The van der Waals surface area contributed by atoms with Crippen molar-refractivity contribution in [3.05, 3.63) is 0 Å². The average molecular weight is 392 g/mol. The molecule has 1 saturated heterocycles. The van der Waals surface area contributed by atoms with Crippen LogP contribution in [0, 0.1) is 0 Å². The highest BCUT2D eigenvalue weighted by Gasteiger charge is 2.25. The van der Waals surface area contributed by atoms with E-state index in [4.69, 9.17) is 17.0 Å². The smallest absolute Gasteiger partial charge is 0.259 e. The Hall–Kier alpha value is -0.360. The molecule has 1 atom stereocenters. The average Bonchev–Trinajstić information content (AvgIpc) is 2.58. The maximum Gasteiger partial charge on any atom is 0.259 e. The van der Waals surface area contributed by atoms with Crippen LogP contribution in [-0.4, -0.2) is 49.2 Å². The lowest BCUT2D eigenvalue weighted by atomic mass is 10.0. The van der Waals surface area contributed by atoms with Crippen LogP contribution in [-0.2, 0) is 14.6 Å². The van der Waals surface area contributed by atoms with Gasteiger partial charge in [-0.1, -0.05) is 58.8 Å². The number of rotatable bonds is 12. The van der Waals surface area contributed by atoms with Gasteiger partial charge in [0.1, 0.15) is 6.10 Å². The van der Waals surface area contributed by atoms with E-state index in [0.717, 1.165) is 12.8 Å². The fraction of sp³-hybridized carbons (Fsp3) is 0.947. The Morgan fingerprint density at radius 2 is 1.40 bits per heavy atom. The first-order chi connectivity index (χ1) is 12.0. The SMILES string of the molecule is CCCCCCCC(CCCCCC)OC(=S)N1CCS(=O)(=O)CC1. The van der Waals surface area contributed by atoms with Gasteiger partial charge in [-0.2, -0.15) is 0 Å². The molecule has 6 heteroatoms. The summed E-state index contributed by atoms with van der Waals surface area (Å²) < 4.78 is 29.2. The normalized spacial score (nSPS) is 18.1. The van der Waals surface area contributed by atoms with Gasteiger partial charge in [0.25, 0.3) is 5.17 Å². The lowest BCUT2D eigenvalue weighted by molar-refractivity contribution is 0.135. The van der Waals surface area contributed by atoms with Crippen molar-refractivity contribution < 1.29 is 13.2 Å². The van der Waals surface area contributed by atoms with Crippen molar-refractivity contribution >= 4 is 27.2 Å². The van der Waals surface area contributed by atoms with E-state index in [0.29, 0.717) is 18.3 Å². The highest BCUT2D eigenvalue weighted by molar-refractivity contribution is 7.91. The third-order valence-corrected chi connectivity index (χ3v) is 6.84. The van der Waals surface area contributed by atoms with Crippen molar-refractivity contribution in [2.75, 3.05) is 24.6 Å². The van der Waals surface area contributed by atoms with Crippen LogP contribution in [0.5, 0.6) is 0 Å². The topological polar surface area (TPSA) is 46.6 Å². The van der Waals surface area contributed by atoms with Gasteiger partial charge in [0.15, 0.2) is 9.84 Å². The Labute approximate surface area is 160 Å². The molecule has 0 radical (unpaired) electrons. The monoisotopic (exact) mass is 391 g/mol. The van der Waals surface area contributed by atoms with Gasteiger partial charge in [-0.05, 0) is 37.9 Å². The lowest BCUT2D eigenvalue weighted by Gasteiger charge is -2.31. The summed E-state index contributed by atoms with van der Waals surface area (Å²) in [4.78, 5) is 1.92. The molecule has 0 N–H and O–H groups in total. The molecule has 1 aliphatic heterocycles. The van der Waals surface area contributed by atoms with Gasteiger partial charge in [0.2, 0.25) is 0 Å². The second-order valence-electron chi connectivity index (χ2n) is 7.20. The third kappa shape index (κ3) is 10.4. The molecule has 1 rings (SSSR count). The summed E-state index contributed by atoms with van der Waals surface area (Å²) >= 11 is 5.46. The van der Waals surface area contributed by atoms with E-state index in [9.17, 15) is 8.42 Å². The third-order valence-electron chi connectivity index (χ3n) is 4.88. The van der Waals surface area contributed by atoms with Gasteiger partial charge in [-0.15, -0.1) is 0 Å². The first-order valence-corrected chi connectivity index (χ1v) is 12.4. The standard InChI is InChI=1S/C19H37NO3S2/c1-3-5-7-9-11-13-18(12-10-8-6-4-2)23-19(24)20-14-16-25(21,22)17-15-20/h18H,3-17H2,1-2H3.